The van der Waals surface area contributed by atoms with Gasteiger partial charge in [0.05, 0.1) is 6.04 Å². The molecule has 1 atom stereocenters. The van der Waals surface area contributed by atoms with Crippen molar-refractivity contribution < 1.29 is 0 Å². The molecule has 94 valence electrons. The van der Waals surface area contributed by atoms with E-state index in [1.807, 2.05) is 19.2 Å². The Bertz CT molecular complexity index is 554. The molecule has 0 bridgehead atoms. The Morgan fingerprint density at radius 2 is 1.94 bits per heavy atom. The predicted molar refractivity (Wildman–Crippen MR) is 81.2 cm³/mol. The van der Waals surface area contributed by atoms with Crippen LogP contribution in [0.15, 0.2) is 46.9 Å². The van der Waals surface area contributed by atoms with Gasteiger partial charge >= 0.3 is 0 Å². The summed E-state index contributed by atoms with van der Waals surface area (Å²) in [4.78, 5) is 0. The van der Waals surface area contributed by atoms with Crippen LogP contribution < -0.4 is 5.32 Å². The molecule has 0 aliphatic rings. The highest BCUT2D eigenvalue weighted by molar-refractivity contribution is 9.10. The van der Waals surface area contributed by atoms with Crippen molar-refractivity contribution in [3.05, 3.63) is 68.7 Å². The van der Waals surface area contributed by atoms with Crippen LogP contribution in [0.5, 0.6) is 0 Å². The molecule has 0 aliphatic carbocycles. The van der Waals surface area contributed by atoms with E-state index in [-0.39, 0.29) is 6.04 Å². The summed E-state index contributed by atoms with van der Waals surface area (Å²) >= 11 is 9.57. The second kappa shape index (κ2) is 5.87. The van der Waals surface area contributed by atoms with Crippen LogP contribution in [-0.2, 0) is 0 Å². The second-order valence-corrected chi connectivity index (χ2v) is 5.59. The minimum Gasteiger partial charge on any atom is -0.309 e. The van der Waals surface area contributed by atoms with Crippen molar-refractivity contribution in [1.29, 1.82) is 0 Å². The average Bonchev–Trinajstić information content (AvgIpc) is 2.33. The molecule has 0 amide bonds. The van der Waals surface area contributed by atoms with Crippen molar-refractivity contribution in [1.82, 2.24) is 5.32 Å². The molecule has 2 rings (SSSR count). The number of benzene rings is 2. The minimum atomic E-state index is 0.163. The summed E-state index contributed by atoms with van der Waals surface area (Å²) in [5.74, 6) is 0. The van der Waals surface area contributed by atoms with Crippen molar-refractivity contribution >= 4 is 27.5 Å². The van der Waals surface area contributed by atoms with Crippen molar-refractivity contribution in [2.24, 2.45) is 0 Å². The summed E-state index contributed by atoms with van der Waals surface area (Å²) in [6.45, 7) is 2.10. The van der Waals surface area contributed by atoms with Gasteiger partial charge in [0, 0.05) is 9.50 Å². The quantitative estimate of drug-likeness (QED) is 0.861. The molecule has 1 nitrogen and oxygen atoms in total. The number of halogens is 2. The van der Waals surface area contributed by atoms with E-state index < -0.39 is 0 Å². The molecule has 2 aromatic rings. The van der Waals surface area contributed by atoms with Crippen molar-refractivity contribution in [3.63, 3.8) is 0 Å². The number of aryl methyl sites for hydroxylation is 1. The van der Waals surface area contributed by atoms with E-state index in [0.29, 0.717) is 0 Å². The zero-order valence-electron chi connectivity index (χ0n) is 10.4. The molecular weight excluding hydrogens is 310 g/mol. The molecule has 0 heterocycles. The average molecular weight is 325 g/mol. The summed E-state index contributed by atoms with van der Waals surface area (Å²) < 4.78 is 1.02. The summed E-state index contributed by atoms with van der Waals surface area (Å²) in [5, 5.41) is 4.09. The van der Waals surface area contributed by atoms with Crippen molar-refractivity contribution in [3.8, 4) is 0 Å². The highest BCUT2D eigenvalue weighted by Gasteiger charge is 2.15. The van der Waals surface area contributed by atoms with E-state index in [4.69, 9.17) is 11.6 Å². The normalized spacial score (nSPS) is 12.4. The standard InChI is InChI=1S/C15H15BrClN/c1-10-4-3-5-11(8-10)15(18-2)13-7-6-12(17)9-14(13)16/h3-9,15,18H,1-2H3. The molecule has 0 radical (unpaired) electrons. The maximum Gasteiger partial charge on any atom is 0.0585 e. The van der Waals surface area contributed by atoms with Gasteiger partial charge in [0.1, 0.15) is 0 Å². The fourth-order valence-corrected chi connectivity index (χ4v) is 3.00. The lowest BCUT2D eigenvalue weighted by atomic mass is 9.97. The first-order valence-corrected chi connectivity index (χ1v) is 6.97. The highest BCUT2D eigenvalue weighted by atomic mass is 79.9. The molecule has 0 fully saturated rings. The SMILES string of the molecule is CNC(c1cccc(C)c1)c1ccc(Cl)cc1Br. The molecule has 1 unspecified atom stereocenters. The van der Waals surface area contributed by atoms with Gasteiger partial charge in [-0.15, -0.1) is 0 Å². The van der Waals surface area contributed by atoms with Gasteiger partial charge in [-0.25, -0.2) is 0 Å². The third kappa shape index (κ3) is 2.94. The van der Waals surface area contributed by atoms with Crippen LogP contribution in [0.4, 0.5) is 0 Å². The first-order chi connectivity index (χ1) is 8.61. The van der Waals surface area contributed by atoms with E-state index in [0.717, 1.165) is 9.50 Å². The smallest absolute Gasteiger partial charge is 0.0585 e. The van der Waals surface area contributed by atoms with Crippen LogP contribution in [0, 0.1) is 6.92 Å². The minimum absolute atomic E-state index is 0.163. The molecule has 0 saturated carbocycles. The van der Waals surface area contributed by atoms with Crippen molar-refractivity contribution in [2.75, 3.05) is 7.05 Å². The van der Waals surface area contributed by atoms with Crippen LogP contribution in [0.25, 0.3) is 0 Å². The Kier molecular flexibility index (Phi) is 4.44. The Morgan fingerprint density at radius 3 is 2.56 bits per heavy atom. The summed E-state index contributed by atoms with van der Waals surface area (Å²) in [7, 11) is 1.97. The molecule has 2 aromatic carbocycles. The summed E-state index contributed by atoms with van der Waals surface area (Å²) in [6, 6.07) is 14.6. The number of hydrogen-bond acceptors (Lipinski definition) is 1. The zero-order chi connectivity index (χ0) is 13.1. The number of hydrogen-bond donors (Lipinski definition) is 1. The van der Waals surface area contributed by atoms with Gasteiger partial charge in [-0.05, 0) is 37.2 Å². The van der Waals surface area contributed by atoms with Crippen molar-refractivity contribution in [2.45, 2.75) is 13.0 Å². The zero-order valence-corrected chi connectivity index (χ0v) is 12.7. The number of nitrogens with one attached hydrogen (secondary N) is 1. The molecule has 3 heteroatoms. The van der Waals surface area contributed by atoms with Crippen LogP contribution >= 0.6 is 27.5 Å². The molecular formula is C15H15BrClN. The van der Waals surface area contributed by atoms with Gasteiger partial charge in [0.2, 0.25) is 0 Å². The highest BCUT2D eigenvalue weighted by Crippen LogP contribution is 2.30. The third-order valence-electron chi connectivity index (χ3n) is 2.94. The predicted octanol–water partition coefficient (Wildman–Crippen LogP) is 4.72. The Morgan fingerprint density at radius 1 is 1.17 bits per heavy atom. The summed E-state index contributed by atoms with van der Waals surface area (Å²) in [6.07, 6.45) is 0. The largest absolute Gasteiger partial charge is 0.309 e. The monoisotopic (exact) mass is 323 g/mol. The van der Waals surface area contributed by atoms with Crippen LogP contribution in [-0.4, -0.2) is 7.05 Å². The number of rotatable bonds is 3. The van der Waals surface area contributed by atoms with Gasteiger partial charge < -0.3 is 5.32 Å². The van der Waals surface area contributed by atoms with E-state index in [1.54, 1.807) is 0 Å². The Hall–Kier alpha value is -0.830. The molecule has 0 aliphatic heterocycles. The second-order valence-electron chi connectivity index (χ2n) is 4.30. The fourth-order valence-electron chi connectivity index (χ4n) is 2.09. The van der Waals surface area contributed by atoms with Gasteiger partial charge in [0.25, 0.3) is 0 Å². The maximum absolute atomic E-state index is 5.99. The fraction of sp³-hybridized carbons (Fsp3) is 0.200. The van der Waals surface area contributed by atoms with Gasteiger partial charge in [-0.3, -0.25) is 0 Å². The van der Waals surface area contributed by atoms with E-state index in [2.05, 4.69) is 58.5 Å². The van der Waals surface area contributed by atoms with Gasteiger partial charge in [0.15, 0.2) is 0 Å². The first-order valence-electron chi connectivity index (χ1n) is 5.80. The Labute approximate surface area is 121 Å². The lowest BCUT2D eigenvalue weighted by molar-refractivity contribution is 0.688. The summed E-state index contributed by atoms with van der Waals surface area (Å²) in [5.41, 5.74) is 3.70. The Balaban J connectivity index is 2.45. The molecule has 1 N–H and O–H groups in total. The van der Waals surface area contributed by atoms with Crippen LogP contribution in [0.3, 0.4) is 0 Å². The van der Waals surface area contributed by atoms with Gasteiger partial charge in [-0.2, -0.15) is 0 Å². The van der Waals surface area contributed by atoms with Crippen LogP contribution in [0.1, 0.15) is 22.7 Å². The maximum atomic E-state index is 5.99. The third-order valence-corrected chi connectivity index (χ3v) is 3.86. The molecule has 0 saturated heterocycles. The first kappa shape index (κ1) is 13.6. The van der Waals surface area contributed by atoms with Crippen LogP contribution in [0.2, 0.25) is 5.02 Å². The molecule has 0 spiro atoms. The lowest BCUT2D eigenvalue weighted by Crippen LogP contribution is -2.18. The van der Waals surface area contributed by atoms with E-state index in [9.17, 15) is 0 Å². The van der Waals surface area contributed by atoms with Gasteiger partial charge in [-0.1, -0.05) is 63.4 Å². The topological polar surface area (TPSA) is 12.0 Å². The molecule has 18 heavy (non-hydrogen) atoms. The molecule has 0 aromatic heterocycles. The van der Waals surface area contributed by atoms with E-state index in [1.165, 1.54) is 16.7 Å². The van der Waals surface area contributed by atoms with E-state index >= 15 is 0 Å². The lowest BCUT2D eigenvalue weighted by Gasteiger charge is -2.19.